The Labute approximate surface area is 85.8 Å². The predicted octanol–water partition coefficient (Wildman–Crippen LogP) is 1.03. The molecular weight excluding hydrogens is 180 g/mol. The number of amides is 2. The molecule has 1 fully saturated rings. The van der Waals surface area contributed by atoms with E-state index in [0.29, 0.717) is 19.1 Å². The summed E-state index contributed by atoms with van der Waals surface area (Å²) in [5.41, 5.74) is 0. The fourth-order valence-corrected chi connectivity index (χ4v) is 1.62. The second kappa shape index (κ2) is 5.20. The molecule has 0 atom stereocenters. The van der Waals surface area contributed by atoms with E-state index in [9.17, 15) is 4.79 Å². The fourth-order valence-electron chi connectivity index (χ4n) is 1.62. The molecule has 1 heterocycles. The Hall–Kier alpha value is -0.770. The maximum Gasteiger partial charge on any atom is 0.319 e. The standard InChI is InChI=1S/C10H20N2O2/c1-9(2)8-11(3)10(13)12-4-6-14-7-5-12/h9H,4-8H2,1-3H3. The lowest BCUT2D eigenvalue weighted by Crippen LogP contribution is -2.47. The lowest BCUT2D eigenvalue weighted by Gasteiger charge is -2.31. The zero-order valence-electron chi connectivity index (χ0n) is 9.32. The molecule has 0 radical (unpaired) electrons. The molecule has 2 amide bonds. The summed E-state index contributed by atoms with van der Waals surface area (Å²) in [5.74, 6) is 0.519. The lowest BCUT2D eigenvalue weighted by molar-refractivity contribution is 0.0446. The van der Waals surface area contributed by atoms with Crippen LogP contribution in [0.3, 0.4) is 0 Å². The Balaban J connectivity index is 2.38. The smallest absolute Gasteiger partial charge is 0.319 e. The van der Waals surface area contributed by atoms with E-state index in [1.165, 1.54) is 0 Å². The van der Waals surface area contributed by atoms with Gasteiger partial charge in [-0.2, -0.15) is 0 Å². The van der Waals surface area contributed by atoms with E-state index in [1.807, 2.05) is 11.9 Å². The van der Waals surface area contributed by atoms with E-state index in [4.69, 9.17) is 4.74 Å². The Morgan fingerprint density at radius 2 is 2.00 bits per heavy atom. The van der Waals surface area contributed by atoms with E-state index < -0.39 is 0 Å². The molecule has 1 aliphatic heterocycles. The van der Waals surface area contributed by atoms with Gasteiger partial charge < -0.3 is 14.5 Å². The highest BCUT2D eigenvalue weighted by molar-refractivity contribution is 5.74. The highest BCUT2D eigenvalue weighted by Gasteiger charge is 2.20. The first-order chi connectivity index (χ1) is 6.61. The molecular formula is C10H20N2O2. The molecule has 4 heteroatoms. The van der Waals surface area contributed by atoms with Crippen molar-refractivity contribution in [1.82, 2.24) is 9.80 Å². The summed E-state index contributed by atoms with van der Waals surface area (Å²) in [7, 11) is 1.86. The molecule has 4 nitrogen and oxygen atoms in total. The molecule has 0 aliphatic carbocycles. The van der Waals surface area contributed by atoms with Gasteiger partial charge in [0.25, 0.3) is 0 Å². The second-order valence-electron chi connectivity index (χ2n) is 4.16. The Morgan fingerprint density at radius 3 is 2.50 bits per heavy atom. The van der Waals surface area contributed by atoms with E-state index in [-0.39, 0.29) is 6.03 Å². The van der Waals surface area contributed by atoms with E-state index in [0.717, 1.165) is 19.6 Å². The zero-order chi connectivity index (χ0) is 10.6. The summed E-state index contributed by atoms with van der Waals surface area (Å²) in [6, 6.07) is 0.127. The Bertz CT molecular complexity index is 189. The molecule has 0 aromatic carbocycles. The van der Waals surface area contributed by atoms with E-state index in [2.05, 4.69) is 13.8 Å². The van der Waals surface area contributed by atoms with Crippen LogP contribution in [0.1, 0.15) is 13.8 Å². The molecule has 0 spiro atoms. The number of rotatable bonds is 2. The van der Waals surface area contributed by atoms with Crippen molar-refractivity contribution in [1.29, 1.82) is 0 Å². The summed E-state index contributed by atoms with van der Waals surface area (Å²) < 4.78 is 5.20. The maximum atomic E-state index is 11.8. The maximum absolute atomic E-state index is 11.8. The van der Waals surface area contributed by atoms with E-state index >= 15 is 0 Å². The number of ether oxygens (including phenoxy) is 1. The average molecular weight is 200 g/mol. The van der Waals surface area contributed by atoms with Gasteiger partial charge in [-0.05, 0) is 5.92 Å². The summed E-state index contributed by atoms with van der Waals surface area (Å²) in [6.45, 7) is 7.83. The largest absolute Gasteiger partial charge is 0.378 e. The first-order valence-electron chi connectivity index (χ1n) is 5.19. The molecule has 0 unspecified atom stereocenters. The number of hydrogen-bond donors (Lipinski definition) is 0. The van der Waals surface area contributed by atoms with Crippen molar-refractivity contribution in [3.63, 3.8) is 0 Å². The van der Waals surface area contributed by atoms with Crippen LogP contribution < -0.4 is 0 Å². The van der Waals surface area contributed by atoms with Crippen molar-refractivity contribution >= 4 is 6.03 Å². The monoisotopic (exact) mass is 200 g/mol. The highest BCUT2D eigenvalue weighted by atomic mass is 16.5. The van der Waals surface area contributed by atoms with Crippen molar-refractivity contribution in [3.05, 3.63) is 0 Å². The molecule has 0 saturated carbocycles. The van der Waals surface area contributed by atoms with Crippen LogP contribution >= 0.6 is 0 Å². The molecule has 0 aromatic heterocycles. The summed E-state index contributed by atoms with van der Waals surface area (Å²) in [5, 5.41) is 0. The topological polar surface area (TPSA) is 32.8 Å². The molecule has 1 rings (SSSR count). The van der Waals surface area contributed by atoms with Gasteiger partial charge >= 0.3 is 6.03 Å². The van der Waals surface area contributed by atoms with Gasteiger partial charge in [0.05, 0.1) is 13.2 Å². The molecule has 0 aromatic rings. The highest BCUT2D eigenvalue weighted by Crippen LogP contribution is 2.04. The van der Waals surface area contributed by atoms with Crippen molar-refractivity contribution in [2.45, 2.75) is 13.8 Å². The van der Waals surface area contributed by atoms with Gasteiger partial charge in [0.2, 0.25) is 0 Å². The Kier molecular flexibility index (Phi) is 4.20. The SMILES string of the molecule is CC(C)CN(C)C(=O)N1CCOCC1. The number of carbonyl (C=O) groups excluding carboxylic acids is 1. The Morgan fingerprint density at radius 1 is 1.43 bits per heavy atom. The average Bonchev–Trinajstić information content (AvgIpc) is 2.17. The van der Waals surface area contributed by atoms with Crippen LogP contribution in [-0.4, -0.2) is 55.7 Å². The van der Waals surface area contributed by atoms with Gasteiger partial charge in [-0.1, -0.05) is 13.8 Å². The number of carbonyl (C=O) groups is 1. The van der Waals surface area contributed by atoms with Gasteiger partial charge in [0.15, 0.2) is 0 Å². The quantitative estimate of drug-likeness (QED) is 0.667. The van der Waals surface area contributed by atoms with Crippen LogP contribution in [0.25, 0.3) is 0 Å². The third kappa shape index (κ3) is 3.18. The van der Waals surface area contributed by atoms with Gasteiger partial charge in [-0.25, -0.2) is 4.79 Å². The molecule has 82 valence electrons. The van der Waals surface area contributed by atoms with Crippen LogP contribution in [0.4, 0.5) is 4.79 Å². The third-order valence-corrected chi connectivity index (χ3v) is 2.25. The second-order valence-corrected chi connectivity index (χ2v) is 4.16. The van der Waals surface area contributed by atoms with Crippen molar-refractivity contribution in [2.75, 3.05) is 39.9 Å². The fraction of sp³-hybridized carbons (Fsp3) is 0.900. The van der Waals surface area contributed by atoms with Gasteiger partial charge in [0.1, 0.15) is 0 Å². The predicted molar refractivity (Wildman–Crippen MR) is 55.3 cm³/mol. The summed E-state index contributed by atoms with van der Waals surface area (Å²) >= 11 is 0. The first-order valence-corrected chi connectivity index (χ1v) is 5.19. The van der Waals surface area contributed by atoms with Crippen LogP contribution in [-0.2, 0) is 4.74 Å². The third-order valence-electron chi connectivity index (χ3n) is 2.25. The normalized spacial score (nSPS) is 17.3. The summed E-state index contributed by atoms with van der Waals surface area (Å²) in [4.78, 5) is 15.5. The number of hydrogen-bond acceptors (Lipinski definition) is 2. The van der Waals surface area contributed by atoms with Crippen LogP contribution in [0, 0.1) is 5.92 Å². The van der Waals surface area contributed by atoms with Crippen molar-refractivity contribution in [3.8, 4) is 0 Å². The van der Waals surface area contributed by atoms with Crippen LogP contribution in [0.15, 0.2) is 0 Å². The molecule has 14 heavy (non-hydrogen) atoms. The minimum Gasteiger partial charge on any atom is -0.378 e. The minimum absolute atomic E-state index is 0.127. The molecule has 0 bridgehead atoms. The van der Waals surface area contributed by atoms with Crippen LogP contribution in [0.2, 0.25) is 0 Å². The van der Waals surface area contributed by atoms with Crippen molar-refractivity contribution in [2.24, 2.45) is 5.92 Å². The minimum atomic E-state index is 0.127. The lowest BCUT2D eigenvalue weighted by atomic mass is 10.2. The van der Waals surface area contributed by atoms with Crippen molar-refractivity contribution < 1.29 is 9.53 Å². The molecule has 1 saturated heterocycles. The van der Waals surface area contributed by atoms with E-state index in [1.54, 1.807) is 4.90 Å². The number of urea groups is 1. The molecule has 0 N–H and O–H groups in total. The zero-order valence-corrected chi connectivity index (χ0v) is 9.32. The number of morpholine rings is 1. The number of nitrogens with zero attached hydrogens (tertiary/aromatic N) is 2. The summed E-state index contributed by atoms with van der Waals surface area (Å²) in [6.07, 6.45) is 0. The van der Waals surface area contributed by atoms with Gasteiger partial charge in [-0.3, -0.25) is 0 Å². The van der Waals surface area contributed by atoms with Gasteiger partial charge in [-0.15, -0.1) is 0 Å². The van der Waals surface area contributed by atoms with Crippen LogP contribution in [0.5, 0.6) is 0 Å². The molecule has 1 aliphatic rings. The first kappa shape index (κ1) is 11.3. The van der Waals surface area contributed by atoms with Gasteiger partial charge in [0, 0.05) is 26.7 Å².